The molecular weight excluding hydrogens is 212 g/mol. The Morgan fingerprint density at radius 3 is 3.00 bits per heavy atom. The number of aromatic nitrogens is 1. The number of hydrogen-bond donors (Lipinski definition) is 0. The molecule has 0 spiro atoms. The lowest BCUT2D eigenvalue weighted by molar-refractivity contribution is 1.14. The summed E-state index contributed by atoms with van der Waals surface area (Å²) in [6.45, 7) is 3.94. The van der Waals surface area contributed by atoms with Gasteiger partial charge in [-0.05, 0) is 47.6 Å². The summed E-state index contributed by atoms with van der Waals surface area (Å²) in [6, 6.07) is 5.88. The summed E-state index contributed by atoms with van der Waals surface area (Å²) in [5.74, 6) is 0. The molecule has 0 saturated carbocycles. The molecule has 2 nitrogen and oxygen atoms in total. The topological polar surface area (TPSA) is 25.2 Å². The van der Waals surface area contributed by atoms with E-state index in [4.69, 9.17) is 0 Å². The molecule has 0 atom stereocenters. The van der Waals surface area contributed by atoms with Crippen LogP contribution in [0.2, 0.25) is 0 Å². The molecule has 0 fully saturated rings. The number of pyridine rings is 1. The SMILES string of the molecule is C/C=C\N=C(C)SSc1ccccn1. The predicted molar refractivity (Wildman–Crippen MR) is 65.6 cm³/mol. The number of rotatable bonds is 3. The van der Waals surface area contributed by atoms with Crippen LogP contribution in [-0.2, 0) is 0 Å². The second-order valence-corrected chi connectivity index (χ2v) is 4.81. The van der Waals surface area contributed by atoms with Crippen molar-refractivity contribution in [3.63, 3.8) is 0 Å². The highest BCUT2D eigenvalue weighted by atomic mass is 33.1. The normalized spacial score (nSPS) is 12.3. The molecule has 1 aromatic rings. The van der Waals surface area contributed by atoms with Crippen LogP contribution in [0.3, 0.4) is 0 Å². The third-order valence-electron chi connectivity index (χ3n) is 1.29. The first-order valence-electron chi connectivity index (χ1n) is 4.24. The van der Waals surface area contributed by atoms with Crippen LogP contribution < -0.4 is 0 Å². The quantitative estimate of drug-likeness (QED) is 0.444. The monoisotopic (exact) mass is 224 g/mol. The maximum Gasteiger partial charge on any atom is 0.107 e. The molecule has 0 N–H and O–H groups in total. The lowest BCUT2D eigenvalue weighted by atomic mass is 10.5. The van der Waals surface area contributed by atoms with Crippen molar-refractivity contribution in [1.82, 2.24) is 4.98 Å². The average Bonchev–Trinajstić information content (AvgIpc) is 2.25. The van der Waals surface area contributed by atoms with Gasteiger partial charge >= 0.3 is 0 Å². The number of nitrogens with zero attached hydrogens (tertiary/aromatic N) is 2. The third kappa shape index (κ3) is 4.48. The standard InChI is InChI=1S/C10H12N2S2/c1-3-7-11-9(2)13-14-10-6-4-5-8-12-10/h3-8H,1-2H3/b7-3-,11-9?. The Balaban J connectivity index is 2.41. The van der Waals surface area contributed by atoms with Gasteiger partial charge in [0.15, 0.2) is 0 Å². The molecular formula is C10H12N2S2. The molecule has 0 radical (unpaired) electrons. The van der Waals surface area contributed by atoms with E-state index in [0.29, 0.717) is 0 Å². The Morgan fingerprint density at radius 1 is 1.50 bits per heavy atom. The van der Waals surface area contributed by atoms with E-state index in [9.17, 15) is 0 Å². The fourth-order valence-corrected chi connectivity index (χ4v) is 2.29. The van der Waals surface area contributed by atoms with Gasteiger partial charge in [-0.2, -0.15) is 0 Å². The Kier molecular flexibility index (Phi) is 5.40. The van der Waals surface area contributed by atoms with Crippen molar-refractivity contribution in [3.05, 3.63) is 36.7 Å². The van der Waals surface area contributed by atoms with Crippen molar-refractivity contribution in [1.29, 1.82) is 0 Å². The smallest absolute Gasteiger partial charge is 0.107 e. The first kappa shape index (κ1) is 11.3. The van der Waals surface area contributed by atoms with Crippen LogP contribution in [0.15, 0.2) is 46.7 Å². The zero-order valence-corrected chi connectivity index (χ0v) is 9.81. The largest absolute Gasteiger partial charge is 0.254 e. The average molecular weight is 224 g/mol. The van der Waals surface area contributed by atoms with Crippen LogP contribution in [-0.4, -0.2) is 10.0 Å². The van der Waals surface area contributed by atoms with Gasteiger partial charge < -0.3 is 0 Å². The van der Waals surface area contributed by atoms with Crippen LogP contribution in [0.25, 0.3) is 0 Å². The maximum atomic E-state index is 4.21. The molecule has 1 heterocycles. The van der Waals surface area contributed by atoms with Crippen LogP contribution >= 0.6 is 21.6 Å². The molecule has 0 aliphatic heterocycles. The van der Waals surface area contributed by atoms with Gasteiger partial charge in [0, 0.05) is 12.4 Å². The Labute approximate surface area is 92.3 Å². The molecule has 14 heavy (non-hydrogen) atoms. The van der Waals surface area contributed by atoms with E-state index in [2.05, 4.69) is 9.98 Å². The van der Waals surface area contributed by atoms with E-state index in [1.165, 1.54) is 0 Å². The summed E-state index contributed by atoms with van der Waals surface area (Å²) < 4.78 is 0. The Morgan fingerprint density at radius 2 is 2.36 bits per heavy atom. The van der Waals surface area contributed by atoms with E-state index in [1.807, 2.05) is 38.1 Å². The zero-order chi connectivity index (χ0) is 10.2. The summed E-state index contributed by atoms with van der Waals surface area (Å²) >= 11 is 0. The van der Waals surface area contributed by atoms with Crippen molar-refractivity contribution in [2.24, 2.45) is 4.99 Å². The molecule has 1 rings (SSSR count). The highest BCUT2D eigenvalue weighted by molar-refractivity contribution is 8.82. The van der Waals surface area contributed by atoms with Crippen LogP contribution in [0, 0.1) is 0 Å². The van der Waals surface area contributed by atoms with Gasteiger partial charge in [0.05, 0.1) is 5.04 Å². The van der Waals surface area contributed by atoms with Gasteiger partial charge in [0.25, 0.3) is 0 Å². The minimum absolute atomic E-state index is 1.01. The number of allylic oxidation sites excluding steroid dienone is 1. The minimum Gasteiger partial charge on any atom is -0.254 e. The molecule has 0 aliphatic rings. The van der Waals surface area contributed by atoms with E-state index < -0.39 is 0 Å². The molecule has 0 aromatic carbocycles. The van der Waals surface area contributed by atoms with Gasteiger partial charge in [0.2, 0.25) is 0 Å². The Bertz CT molecular complexity index is 320. The van der Waals surface area contributed by atoms with Crippen LogP contribution in [0.5, 0.6) is 0 Å². The fourth-order valence-electron chi connectivity index (χ4n) is 0.700. The second kappa shape index (κ2) is 6.68. The lowest BCUT2D eigenvalue weighted by Gasteiger charge is -1.97. The van der Waals surface area contributed by atoms with Crippen molar-refractivity contribution < 1.29 is 0 Å². The fraction of sp³-hybridized carbons (Fsp3) is 0.200. The van der Waals surface area contributed by atoms with Crippen molar-refractivity contribution in [3.8, 4) is 0 Å². The summed E-state index contributed by atoms with van der Waals surface area (Å²) in [7, 11) is 3.24. The highest BCUT2D eigenvalue weighted by Gasteiger charge is 1.96. The molecule has 0 saturated heterocycles. The van der Waals surface area contributed by atoms with Gasteiger partial charge in [-0.3, -0.25) is 4.99 Å². The molecule has 1 aromatic heterocycles. The molecule has 0 bridgehead atoms. The molecule has 0 amide bonds. The third-order valence-corrected chi connectivity index (χ3v) is 3.62. The van der Waals surface area contributed by atoms with Crippen molar-refractivity contribution >= 4 is 26.6 Å². The van der Waals surface area contributed by atoms with Crippen molar-refractivity contribution in [2.45, 2.75) is 18.9 Å². The van der Waals surface area contributed by atoms with Crippen LogP contribution in [0.4, 0.5) is 0 Å². The van der Waals surface area contributed by atoms with Crippen LogP contribution in [0.1, 0.15) is 13.8 Å². The van der Waals surface area contributed by atoms with Gasteiger partial charge in [-0.25, -0.2) is 4.98 Å². The first-order valence-corrected chi connectivity index (χ1v) is 6.39. The van der Waals surface area contributed by atoms with E-state index >= 15 is 0 Å². The molecule has 0 aliphatic carbocycles. The van der Waals surface area contributed by atoms with Gasteiger partial charge in [-0.15, -0.1) is 0 Å². The highest BCUT2D eigenvalue weighted by Crippen LogP contribution is 2.29. The predicted octanol–water partition coefficient (Wildman–Crippen LogP) is 3.77. The minimum atomic E-state index is 1.01. The number of hydrogen-bond acceptors (Lipinski definition) is 4. The molecule has 0 unspecified atom stereocenters. The molecule has 4 heteroatoms. The van der Waals surface area contributed by atoms with Crippen molar-refractivity contribution in [2.75, 3.05) is 0 Å². The number of aliphatic imine (C=N–C) groups is 1. The second-order valence-electron chi connectivity index (χ2n) is 2.47. The van der Waals surface area contributed by atoms with E-state index in [0.717, 1.165) is 10.1 Å². The molecule has 74 valence electrons. The van der Waals surface area contributed by atoms with E-state index in [-0.39, 0.29) is 0 Å². The summed E-state index contributed by atoms with van der Waals surface area (Å²) in [4.78, 5) is 8.41. The lowest BCUT2D eigenvalue weighted by Crippen LogP contribution is -1.79. The van der Waals surface area contributed by atoms with E-state index in [1.54, 1.807) is 34.0 Å². The van der Waals surface area contributed by atoms with Gasteiger partial charge in [-0.1, -0.05) is 12.1 Å². The summed E-state index contributed by atoms with van der Waals surface area (Å²) in [6.07, 6.45) is 5.50. The zero-order valence-electron chi connectivity index (χ0n) is 8.18. The Hall–Kier alpha value is -0.740. The maximum absolute atomic E-state index is 4.21. The summed E-state index contributed by atoms with van der Waals surface area (Å²) in [5, 5.41) is 2.03. The van der Waals surface area contributed by atoms with Gasteiger partial charge in [0.1, 0.15) is 5.03 Å². The summed E-state index contributed by atoms with van der Waals surface area (Å²) in [5.41, 5.74) is 0. The first-order chi connectivity index (χ1) is 6.83.